The summed E-state index contributed by atoms with van der Waals surface area (Å²) in [6.45, 7) is 11.6. The Kier molecular flexibility index (Phi) is 20.1. The van der Waals surface area contributed by atoms with Crippen LogP contribution in [0.5, 0.6) is 0 Å². The number of nitrogens with zero attached hydrogens (tertiary/aromatic N) is 6. The molecule has 4 aliphatic carbocycles. The summed E-state index contributed by atoms with van der Waals surface area (Å²) in [5.74, 6) is -2.13. The molecular formula is C69H78N9O12S. The van der Waals surface area contributed by atoms with Gasteiger partial charge in [-0.3, -0.25) is 39.1 Å². The lowest BCUT2D eigenvalue weighted by atomic mass is 9.39. The van der Waals surface area contributed by atoms with Gasteiger partial charge >= 0.3 is 12.1 Å². The highest BCUT2D eigenvalue weighted by Gasteiger charge is 2.66. The van der Waals surface area contributed by atoms with Crippen molar-refractivity contribution in [3.8, 4) is 22.4 Å². The van der Waals surface area contributed by atoms with E-state index in [9.17, 15) is 33.9 Å². The average molecular weight is 1260 g/mol. The molecule has 2 unspecified atom stereocenters. The lowest BCUT2D eigenvalue weighted by Crippen LogP contribution is -2.64. The first-order valence-electron chi connectivity index (χ1n) is 31.4. The number of alkyl carbamates (subject to hydrolysis) is 1. The SMILES string of the molecule is Cc1c(-c2ccc(-c3cnc4cccc(C(=O)Nc5nc6ccccc6s5)c4c3)nc2C(=O)O)cnn1CC12CC3(C)CC(C)(C1)CC(OCCNC(=O)OCc1[c]ccc(CCCOCCOCCOCCNC(=O)CCCCCN4C(=O)C=CC4=O)c1)(C3)C2. The van der Waals surface area contributed by atoms with Crippen LogP contribution >= 0.6 is 11.3 Å². The first-order chi connectivity index (χ1) is 43.9. The number of carboxylic acid groups (broad SMARTS) is 1. The van der Waals surface area contributed by atoms with E-state index in [1.807, 2.05) is 66.2 Å². The maximum absolute atomic E-state index is 13.7. The van der Waals surface area contributed by atoms with Gasteiger partial charge in [0.05, 0.1) is 72.9 Å². The number of nitrogens with one attached hydrogen (secondary N) is 3. The first kappa shape index (κ1) is 64.3. The number of carbonyl (C=O) groups is 6. The van der Waals surface area contributed by atoms with E-state index in [0.717, 1.165) is 84.8 Å². The fraction of sp³-hybridized carbons (Fsp3) is 0.449. The summed E-state index contributed by atoms with van der Waals surface area (Å²) >= 11 is 1.39. The summed E-state index contributed by atoms with van der Waals surface area (Å²) in [7, 11) is 0. The summed E-state index contributed by atoms with van der Waals surface area (Å²) in [6, 6.07) is 27.4. The maximum atomic E-state index is 13.7. The Bertz CT molecular complexity index is 3790. The molecule has 5 amide bonds. The van der Waals surface area contributed by atoms with E-state index >= 15 is 0 Å². The summed E-state index contributed by atoms with van der Waals surface area (Å²) in [5.41, 5.74) is 6.12. The fourth-order valence-corrected chi connectivity index (χ4v) is 15.9. The fourth-order valence-electron chi connectivity index (χ4n) is 15.0. The van der Waals surface area contributed by atoms with Crippen LogP contribution in [0.4, 0.5) is 9.93 Å². The predicted molar refractivity (Wildman–Crippen MR) is 342 cm³/mol. The Morgan fingerprint density at radius 3 is 2.26 bits per heavy atom. The Morgan fingerprint density at radius 2 is 1.48 bits per heavy atom. The van der Waals surface area contributed by atoms with Crippen LogP contribution in [-0.4, -0.2) is 142 Å². The zero-order valence-corrected chi connectivity index (χ0v) is 52.6. The van der Waals surface area contributed by atoms with Gasteiger partial charge in [-0.2, -0.15) is 5.10 Å². The predicted octanol–water partition coefficient (Wildman–Crippen LogP) is 10.5. The molecule has 4 fully saturated rings. The number of rotatable bonds is 32. The number of unbranched alkanes of at least 4 members (excludes halogenated alkanes) is 2. The van der Waals surface area contributed by atoms with Crippen molar-refractivity contribution in [3.63, 3.8) is 0 Å². The molecule has 7 aromatic rings. The van der Waals surface area contributed by atoms with E-state index in [0.29, 0.717) is 136 Å². The van der Waals surface area contributed by atoms with E-state index in [1.54, 1.807) is 36.7 Å². The number of thiazole rings is 1. The van der Waals surface area contributed by atoms with Crippen molar-refractivity contribution in [2.24, 2.45) is 16.2 Å². The third kappa shape index (κ3) is 15.9. The van der Waals surface area contributed by atoms with Crippen LogP contribution in [0.3, 0.4) is 0 Å². The number of ether oxygens (including phenoxy) is 5. The number of hydrogen-bond acceptors (Lipinski definition) is 16. The number of carboxylic acids is 1. The lowest BCUT2D eigenvalue weighted by molar-refractivity contribution is -0.247. The van der Waals surface area contributed by atoms with Gasteiger partial charge in [-0.15, -0.1) is 0 Å². The van der Waals surface area contributed by atoms with Crippen LogP contribution in [0.25, 0.3) is 43.5 Å². The minimum atomic E-state index is -1.18. The summed E-state index contributed by atoms with van der Waals surface area (Å²) in [6.07, 6.45) is 15.4. The van der Waals surface area contributed by atoms with Crippen molar-refractivity contribution in [3.05, 3.63) is 138 Å². The van der Waals surface area contributed by atoms with Gasteiger partial charge < -0.3 is 39.4 Å². The standard InChI is InChI=1S/C69H78N9O12S/c1-46-53(50-20-21-54(74-61(50)63(83)84)49-35-52-51(15-10-17-55(52)72-36-49)62(82)76-64-75-56-16-6-7-18-57(56)91-64)37-73-78(46)45-68-40-66(2)39-67(3,41-68)43-69(42-66,44-68)90-29-25-71-65(85)89-38-48-13-9-12-47(34-48)14-11-27-86-30-32-88-33-31-87-28-24-70-58(79)19-5-4-8-26-77-59(80)22-23-60(77)81/h6-7,9-10,12,15-18,20-23,34-37H,4-5,8,11,14,19,24-33,38-45H2,1-3H3,(H,70,79)(H,71,85)(H,83,84)(H,75,76,82). The second-order valence-corrected chi connectivity index (χ2v) is 26.5. The largest absolute Gasteiger partial charge is 0.476 e. The van der Waals surface area contributed by atoms with Crippen LogP contribution in [-0.2, 0) is 57.6 Å². The Balaban J connectivity index is 0.594. The number of anilines is 1. The summed E-state index contributed by atoms with van der Waals surface area (Å²) in [4.78, 5) is 90.2. The third-order valence-corrected chi connectivity index (χ3v) is 18.7. The molecule has 5 aliphatic rings. The van der Waals surface area contributed by atoms with Gasteiger partial charge in [0, 0.05) is 90.9 Å². The Morgan fingerprint density at radius 1 is 0.736 bits per heavy atom. The number of amides is 5. The highest BCUT2D eigenvalue weighted by molar-refractivity contribution is 7.22. The van der Waals surface area contributed by atoms with Crippen LogP contribution < -0.4 is 16.0 Å². The molecule has 0 saturated heterocycles. The van der Waals surface area contributed by atoms with Gasteiger partial charge in [-0.25, -0.2) is 19.6 Å². The van der Waals surface area contributed by atoms with E-state index in [-0.39, 0.29) is 57.8 Å². The van der Waals surface area contributed by atoms with Crippen LogP contribution in [0.1, 0.15) is 122 Å². The third-order valence-electron chi connectivity index (χ3n) is 17.7. The molecule has 91 heavy (non-hydrogen) atoms. The van der Waals surface area contributed by atoms with Crippen molar-refractivity contribution in [1.82, 2.24) is 40.3 Å². The van der Waals surface area contributed by atoms with Crippen molar-refractivity contribution in [2.45, 2.75) is 117 Å². The monoisotopic (exact) mass is 1260 g/mol. The molecule has 3 aromatic carbocycles. The highest BCUT2D eigenvalue weighted by Crippen LogP contribution is 2.72. The second-order valence-electron chi connectivity index (χ2n) is 25.4. The summed E-state index contributed by atoms with van der Waals surface area (Å²) in [5, 5.41) is 25.3. The van der Waals surface area contributed by atoms with E-state index in [2.05, 4.69) is 45.8 Å². The molecule has 2 atom stereocenters. The molecule has 21 nitrogen and oxygen atoms in total. The van der Waals surface area contributed by atoms with Crippen LogP contribution in [0.2, 0.25) is 0 Å². The number of fused-ring (bicyclic) bond motifs is 2. The number of pyridine rings is 2. The van der Waals surface area contributed by atoms with Gasteiger partial charge in [0.25, 0.3) is 17.7 Å². The molecule has 1 radical (unpaired) electrons. The topological polar surface area (TPSA) is 265 Å². The first-order valence-corrected chi connectivity index (χ1v) is 32.2. The summed E-state index contributed by atoms with van der Waals surface area (Å²) < 4.78 is 32.4. The van der Waals surface area contributed by atoms with Gasteiger partial charge in [0.2, 0.25) is 5.91 Å². The molecule has 22 heteroatoms. The maximum Gasteiger partial charge on any atom is 0.407 e. The van der Waals surface area contributed by atoms with Crippen molar-refractivity contribution in [2.75, 3.05) is 71.2 Å². The van der Waals surface area contributed by atoms with Crippen molar-refractivity contribution in [1.29, 1.82) is 0 Å². The Labute approximate surface area is 532 Å². The van der Waals surface area contributed by atoms with Gasteiger partial charge in [0.1, 0.15) is 6.61 Å². The number of carbonyl (C=O) groups excluding carboxylic acids is 5. The van der Waals surface area contributed by atoms with Crippen molar-refractivity contribution < 1.29 is 57.6 Å². The number of hydrogen-bond donors (Lipinski definition) is 4. The minimum Gasteiger partial charge on any atom is -0.476 e. The molecule has 5 heterocycles. The smallest absolute Gasteiger partial charge is 0.407 e. The number of benzene rings is 3. The molecule has 4 N–H and O–H groups in total. The molecule has 1 aliphatic heterocycles. The number of para-hydroxylation sites is 1. The van der Waals surface area contributed by atoms with Crippen molar-refractivity contribution >= 4 is 73.3 Å². The van der Waals surface area contributed by atoms with Gasteiger partial charge in [-0.1, -0.05) is 68.0 Å². The van der Waals surface area contributed by atoms with E-state index in [1.165, 1.54) is 28.4 Å². The quantitative estimate of drug-likeness (QED) is 0.0226. The van der Waals surface area contributed by atoms with E-state index in [4.69, 9.17) is 33.8 Å². The Hall–Kier alpha value is -8.28. The average Bonchev–Trinajstić information content (AvgIpc) is 0.999. The molecular weight excluding hydrogens is 1180 g/mol. The van der Waals surface area contributed by atoms with Crippen LogP contribution in [0.15, 0.2) is 103 Å². The minimum absolute atomic E-state index is 0.0524. The zero-order chi connectivity index (χ0) is 63.6. The number of imide groups is 1. The van der Waals surface area contributed by atoms with Crippen LogP contribution in [0, 0.1) is 29.2 Å². The van der Waals surface area contributed by atoms with E-state index < -0.39 is 12.1 Å². The van der Waals surface area contributed by atoms with Gasteiger partial charge in [0.15, 0.2) is 10.8 Å². The lowest BCUT2D eigenvalue weighted by Gasteiger charge is -2.69. The molecule has 4 saturated carbocycles. The van der Waals surface area contributed by atoms with Gasteiger partial charge in [-0.05, 0) is 147 Å². The molecule has 477 valence electrons. The highest BCUT2D eigenvalue weighted by atomic mass is 32.1. The molecule has 4 bridgehead atoms. The normalized spacial score (nSPS) is 20.7. The second kappa shape index (κ2) is 28.5. The zero-order valence-electron chi connectivity index (χ0n) is 51.8. The number of aryl methyl sites for hydroxylation is 1. The number of aromatic nitrogens is 5. The molecule has 12 rings (SSSR count). The molecule has 4 aromatic heterocycles. The molecule has 0 spiro atoms. The number of aromatic carboxylic acids is 1.